The minimum absolute atomic E-state index is 0.336. The summed E-state index contributed by atoms with van der Waals surface area (Å²) in [6, 6.07) is 4.92. The molecule has 0 aliphatic carbocycles. The van der Waals surface area contributed by atoms with Crippen molar-refractivity contribution in [3.63, 3.8) is 0 Å². The van der Waals surface area contributed by atoms with Crippen molar-refractivity contribution in [2.24, 2.45) is 5.41 Å². The standard InChI is InChI=1S/C14H18F3NO2/c1-13(2,12(19)20-3)9-18-8-10-4-6-11(7-5-10)14(15,16)17/h4-7,18H,8-9H2,1-3H3. The minimum atomic E-state index is -4.32. The highest BCUT2D eigenvalue weighted by atomic mass is 19.4. The number of ether oxygens (including phenoxy) is 1. The number of hydrogen-bond donors (Lipinski definition) is 1. The van der Waals surface area contributed by atoms with Crippen LogP contribution in [0.5, 0.6) is 0 Å². The van der Waals surface area contributed by atoms with E-state index in [0.717, 1.165) is 17.7 Å². The Morgan fingerprint density at radius 3 is 2.20 bits per heavy atom. The fourth-order valence-electron chi connectivity index (χ4n) is 1.68. The molecule has 1 aromatic carbocycles. The van der Waals surface area contributed by atoms with E-state index in [1.165, 1.54) is 19.2 Å². The zero-order valence-electron chi connectivity index (χ0n) is 11.7. The van der Waals surface area contributed by atoms with Crippen LogP contribution in [0.15, 0.2) is 24.3 Å². The van der Waals surface area contributed by atoms with Crippen molar-refractivity contribution in [3.8, 4) is 0 Å². The largest absolute Gasteiger partial charge is 0.469 e. The van der Waals surface area contributed by atoms with Gasteiger partial charge >= 0.3 is 12.1 Å². The van der Waals surface area contributed by atoms with Gasteiger partial charge in [0.2, 0.25) is 0 Å². The molecule has 0 amide bonds. The first-order chi connectivity index (χ1) is 9.16. The highest BCUT2D eigenvalue weighted by molar-refractivity contribution is 5.76. The summed E-state index contributed by atoms with van der Waals surface area (Å²) in [7, 11) is 1.32. The molecule has 1 rings (SSSR count). The molecule has 1 aromatic rings. The van der Waals surface area contributed by atoms with Crippen molar-refractivity contribution in [2.75, 3.05) is 13.7 Å². The van der Waals surface area contributed by atoms with Crippen LogP contribution in [-0.2, 0) is 22.3 Å². The van der Waals surface area contributed by atoms with E-state index < -0.39 is 17.2 Å². The maximum Gasteiger partial charge on any atom is 0.416 e. The highest BCUT2D eigenvalue weighted by Crippen LogP contribution is 2.29. The van der Waals surface area contributed by atoms with E-state index in [9.17, 15) is 18.0 Å². The molecule has 0 aliphatic heterocycles. The van der Waals surface area contributed by atoms with Crippen LogP contribution in [0, 0.1) is 5.41 Å². The first-order valence-corrected chi connectivity index (χ1v) is 6.12. The first-order valence-electron chi connectivity index (χ1n) is 6.12. The summed E-state index contributed by atoms with van der Waals surface area (Å²) in [5.74, 6) is -0.336. The Morgan fingerprint density at radius 2 is 1.75 bits per heavy atom. The van der Waals surface area contributed by atoms with Gasteiger partial charge in [0.25, 0.3) is 0 Å². The molecule has 0 aromatic heterocycles. The molecule has 6 heteroatoms. The van der Waals surface area contributed by atoms with Gasteiger partial charge in [0.05, 0.1) is 18.1 Å². The fourth-order valence-corrected chi connectivity index (χ4v) is 1.68. The molecular formula is C14H18F3NO2. The molecule has 20 heavy (non-hydrogen) atoms. The fraction of sp³-hybridized carbons (Fsp3) is 0.500. The second kappa shape index (κ2) is 6.26. The first kappa shape index (κ1) is 16.5. The number of methoxy groups -OCH3 is 1. The lowest BCUT2D eigenvalue weighted by Gasteiger charge is -2.21. The van der Waals surface area contributed by atoms with Crippen molar-refractivity contribution >= 4 is 5.97 Å². The van der Waals surface area contributed by atoms with Gasteiger partial charge in [0, 0.05) is 13.1 Å². The number of carbonyl (C=O) groups excluding carboxylic acids is 1. The Kier molecular flexibility index (Phi) is 5.16. The second-order valence-corrected chi connectivity index (χ2v) is 5.17. The second-order valence-electron chi connectivity index (χ2n) is 5.17. The lowest BCUT2D eigenvalue weighted by molar-refractivity contribution is -0.150. The van der Waals surface area contributed by atoms with Gasteiger partial charge in [-0.25, -0.2) is 0 Å². The SMILES string of the molecule is COC(=O)C(C)(C)CNCc1ccc(C(F)(F)F)cc1. The number of halogens is 3. The van der Waals surface area contributed by atoms with Crippen molar-refractivity contribution in [1.29, 1.82) is 0 Å². The number of hydrogen-bond acceptors (Lipinski definition) is 3. The molecule has 0 unspecified atom stereocenters. The third kappa shape index (κ3) is 4.52. The van der Waals surface area contributed by atoms with Crippen LogP contribution < -0.4 is 5.32 Å². The van der Waals surface area contributed by atoms with Gasteiger partial charge in [-0.15, -0.1) is 0 Å². The van der Waals surface area contributed by atoms with Crippen LogP contribution >= 0.6 is 0 Å². The summed E-state index contributed by atoms with van der Waals surface area (Å²) >= 11 is 0. The van der Waals surface area contributed by atoms with Crippen LogP contribution in [0.3, 0.4) is 0 Å². The summed E-state index contributed by atoms with van der Waals surface area (Å²) in [6.45, 7) is 4.23. The maximum atomic E-state index is 12.4. The zero-order chi connectivity index (χ0) is 15.4. The number of alkyl halides is 3. The summed E-state index contributed by atoms with van der Waals surface area (Å²) in [4.78, 5) is 11.4. The van der Waals surface area contributed by atoms with E-state index in [0.29, 0.717) is 13.1 Å². The number of rotatable bonds is 5. The van der Waals surface area contributed by atoms with Crippen LogP contribution in [0.4, 0.5) is 13.2 Å². The Labute approximate surface area is 116 Å². The zero-order valence-corrected chi connectivity index (χ0v) is 11.7. The summed E-state index contributed by atoms with van der Waals surface area (Å²) in [6.07, 6.45) is -4.32. The van der Waals surface area contributed by atoms with Gasteiger partial charge < -0.3 is 10.1 Å². The van der Waals surface area contributed by atoms with Crippen molar-refractivity contribution in [1.82, 2.24) is 5.32 Å². The van der Waals surface area contributed by atoms with Crippen molar-refractivity contribution < 1.29 is 22.7 Å². The lowest BCUT2D eigenvalue weighted by Crippen LogP contribution is -2.36. The molecule has 0 fully saturated rings. The molecule has 1 N–H and O–H groups in total. The van der Waals surface area contributed by atoms with Crippen LogP contribution in [0.25, 0.3) is 0 Å². The van der Waals surface area contributed by atoms with E-state index in [2.05, 4.69) is 10.1 Å². The Balaban J connectivity index is 2.53. The molecular weight excluding hydrogens is 271 g/mol. The molecule has 0 radical (unpaired) electrons. The molecule has 0 saturated carbocycles. The van der Waals surface area contributed by atoms with Crippen molar-refractivity contribution in [3.05, 3.63) is 35.4 Å². The summed E-state index contributed by atoms with van der Waals surface area (Å²) in [5, 5.41) is 3.03. The Hall–Kier alpha value is -1.56. The number of esters is 1. The van der Waals surface area contributed by atoms with E-state index in [1.54, 1.807) is 13.8 Å². The van der Waals surface area contributed by atoms with Crippen LogP contribution in [0.2, 0.25) is 0 Å². The normalized spacial score (nSPS) is 12.3. The van der Waals surface area contributed by atoms with Gasteiger partial charge in [-0.2, -0.15) is 13.2 Å². The molecule has 0 atom stereocenters. The number of benzene rings is 1. The number of carbonyl (C=O) groups is 1. The lowest BCUT2D eigenvalue weighted by atomic mass is 9.93. The number of nitrogens with one attached hydrogen (secondary N) is 1. The third-order valence-corrected chi connectivity index (χ3v) is 2.92. The molecule has 0 heterocycles. The van der Waals surface area contributed by atoms with Crippen LogP contribution in [-0.4, -0.2) is 19.6 Å². The predicted octanol–water partition coefficient (Wildman–Crippen LogP) is 2.99. The monoisotopic (exact) mass is 289 g/mol. The minimum Gasteiger partial charge on any atom is -0.469 e. The van der Waals surface area contributed by atoms with E-state index >= 15 is 0 Å². The average Bonchev–Trinajstić information content (AvgIpc) is 2.37. The summed E-state index contributed by atoms with van der Waals surface area (Å²) < 4.78 is 41.8. The topological polar surface area (TPSA) is 38.3 Å². The van der Waals surface area contributed by atoms with Gasteiger partial charge in [-0.1, -0.05) is 12.1 Å². The summed E-state index contributed by atoms with van der Waals surface area (Å²) in [5.41, 5.74) is -0.629. The van der Waals surface area contributed by atoms with Crippen molar-refractivity contribution in [2.45, 2.75) is 26.6 Å². The average molecular weight is 289 g/mol. The quantitative estimate of drug-likeness (QED) is 0.847. The van der Waals surface area contributed by atoms with Gasteiger partial charge in [0.15, 0.2) is 0 Å². The van der Waals surface area contributed by atoms with Gasteiger partial charge in [-0.3, -0.25) is 4.79 Å². The Bertz CT molecular complexity index is 452. The molecule has 112 valence electrons. The molecule has 0 aliphatic rings. The van der Waals surface area contributed by atoms with Gasteiger partial charge in [0.1, 0.15) is 0 Å². The Morgan fingerprint density at radius 1 is 1.20 bits per heavy atom. The third-order valence-electron chi connectivity index (χ3n) is 2.92. The van der Waals surface area contributed by atoms with E-state index in [1.807, 2.05) is 0 Å². The predicted molar refractivity (Wildman–Crippen MR) is 68.9 cm³/mol. The smallest absolute Gasteiger partial charge is 0.416 e. The van der Waals surface area contributed by atoms with E-state index in [4.69, 9.17) is 0 Å². The van der Waals surface area contributed by atoms with Crippen LogP contribution in [0.1, 0.15) is 25.0 Å². The molecule has 3 nitrogen and oxygen atoms in total. The maximum absolute atomic E-state index is 12.4. The van der Waals surface area contributed by atoms with Gasteiger partial charge in [-0.05, 0) is 31.5 Å². The highest BCUT2D eigenvalue weighted by Gasteiger charge is 2.30. The molecule has 0 saturated heterocycles. The molecule has 0 spiro atoms. The molecule has 0 bridgehead atoms. The van der Waals surface area contributed by atoms with E-state index in [-0.39, 0.29) is 5.97 Å².